The van der Waals surface area contributed by atoms with Crippen molar-refractivity contribution < 1.29 is 9.53 Å². The number of ether oxygens (including phenoxy) is 1. The Morgan fingerprint density at radius 2 is 1.76 bits per heavy atom. The highest BCUT2D eigenvalue weighted by atomic mass is 16.6. The molecule has 0 N–H and O–H groups in total. The molecular weight excluding hydrogens is 324 g/mol. The first-order valence-corrected chi connectivity index (χ1v) is 7.96. The van der Waals surface area contributed by atoms with Crippen molar-refractivity contribution in [2.24, 2.45) is 0 Å². The largest absolute Gasteiger partial charge is 0.449 e. The Labute approximate surface area is 142 Å². The minimum absolute atomic E-state index is 0.218. The van der Waals surface area contributed by atoms with E-state index in [0.717, 1.165) is 4.57 Å². The van der Waals surface area contributed by atoms with Crippen molar-refractivity contribution in [2.75, 3.05) is 6.61 Å². The van der Waals surface area contributed by atoms with Gasteiger partial charge in [-0.2, -0.15) is 0 Å². The number of fused-ring (bicyclic) bond motifs is 1. The van der Waals surface area contributed by atoms with Gasteiger partial charge < -0.3 is 4.74 Å². The van der Waals surface area contributed by atoms with Gasteiger partial charge in [0.1, 0.15) is 0 Å². The first-order chi connectivity index (χ1) is 12.1. The summed E-state index contributed by atoms with van der Waals surface area (Å²) in [6, 6.07) is 8.26. The lowest BCUT2D eigenvalue weighted by atomic mass is 10.2. The summed E-state index contributed by atoms with van der Waals surface area (Å²) in [7, 11) is 0. The maximum atomic E-state index is 13.0. The quantitative estimate of drug-likeness (QED) is 0.774. The number of carbonyl (C=O) groups is 1. The summed E-state index contributed by atoms with van der Waals surface area (Å²) in [6.45, 7) is 1.93. The highest BCUT2D eigenvalue weighted by Gasteiger charge is 2.35. The Morgan fingerprint density at radius 3 is 2.48 bits per heavy atom. The molecule has 1 amide bonds. The van der Waals surface area contributed by atoms with Crippen LogP contribution in [0.4, 0.5) is 4.79 Å². The molecule has 0 fully saturated rings. The molecule has 3 aliphatic heterocycles. The van der Waals surface area contributed by atoms with E-state index in [2.05, 4.69) is 0 Å². The van der Waals surface area contributed by atoms with Gasteiger partial charge in [-0.05, 0) is 31.2 Å². The molecular formula is C17H16N4O4. The number of hydrogen-bond acceptors (Lipinski definition) is 4. The summed E-state index contributed by atoms with van der Waals surface area (Å²) in [4.78, 5) is 39.4. The third-order valence-corrected chi connectivity index (χ3v) is 4.24. The summed E-state index contributed by atoms with van der Waals surface area (Å²) >= 11 is 0. The second kappa shape index (κ2) is 5.66. The van der Waals surface area contributed by atoms with Crippen LogP contribution in [0.2, 0.25) is 0 Å². The van der Waals surface area contributed by atoms with Crippen molar-refractivity contribution in [2.45, 2.75) is 19.1 Å². The van der Waals surface area contributed by atoms with Gasteiger partial charge >= 0.3 is 17.5 Å². The molecule has 0 aliphatic carbocycles. The number of carbonyl (C=O) groups excluding carboxylic acids is 1. The Balaban J connectivity index is 1.92. The Hall–Kier alpha value is -3.29. The maximum absolute atomic E-state index is 13.0. The zero-order valence-corrected chi connectivity index (χ0v) is 13.5. The topological polar surface area (TPSA) is 78.5 Å². The van der Waals surface area contributed by atoms with Crippen molar-refractivity contribution >= 4 is 6.09 Å². The second-order valence-electron chi connectivity index (χ2n) is 5.66. The van der Waals surface area contributed by atoms with E-state index in [1.807, 2.05) is 6.07 Å². The van der Waals surface area contributed by atoms with Crippen LogP contribution in [-0.2, 0) is 4.74 Å². The van der Waals surface area contributed by atoms with E-state index in [0.29, 0.717) is 5.69 Å². The average molecular weight is 340 g/mol. The van der Waals surface area contributed by atoms with Crippen LogP contribution in [0.3, 0.4) is 0 Å². The van der Waals surface area contributed by atoms with Crippen LogP contribution in [0.25, 0.3) is 5.69 Å². The van der Waals surface area contributed by atoms with Crippen LogP contribution in [-0.4, -0.2) is 31.5 Å². The summed E-state index contributed by atoms with van der Waals surface area (Å²) in [5, 5.41) is 0. The monoisotopic (exact) mass is 340 g/mol. The van der Waals surface area contributed by atoms with E-state index < -0.39 is 29.7 Å². The third-order valence-electron chi connectivity index (χ3n) is 4.24. The fraction of sp³-hybridized carbons (Fsp3) is 0.235. The fourth-order valence-electron chi connectivity index (χ4n) is 3.15. The second-order valence-corrected chi connectivity index (χ2v) is 5.66. The summed E-state index contributed by atoms with van der Waals surface area (Å²) in [5.74, 6) is 0. The molecule has 5 rings (SSSR count). The normalized spacial score (nSPS) is 20.4. The number of para-hydroxylation sites is 1. The van der Waals surface area contributed by atoms with Gasteiger partial charge in [-0.25, -0.2) is 28.3 Å². The van der Waals surface area contributed by atoms with Gasteiger partial charge in [0.15, 0.2) is 6.17 Å². The first kappa shape index (κ1) is 15.3. The van der Waals surface area contributed by atoms with Gasteiger partial charge in [-0.15, -0.1) is 0 Å². The number of allylic oxidation sites excluding steroid dienone is 2. The van der Waals surface area contributed by atoms with Crippen molar-refractivity contribution in [3.63, 3.8) is 0 Å². The molecule has 1 aromatic carbocycles. The summed E-state index contributed by atoms with van der Waals surface area (Å²) < 4.78 is 8.81. The molecule has 3 aliphatic rings. The highest BCUT2D eigenvalue weighted by Crippen LogP contribution is 2.28. The number of nitrogens with zero attached hydrogens (tertiary/aromatic N) is 4. The van der Waals surface area contributed by atoms with Crippen molar-refractivity contribution in [3.8, 4) is 5.69 Å². The van der Waals surface area contributed by atoms with Gasteiger partial charge in [0.25, 0.3) is 0 Å². The Kier molecular flexibility index (Phi) is 3.45. The van der Waals surface area contributed by atoms with Crippen LogP contribution >= 0.6 is 0 Å². The molecule has 2 bridgehead atoms. The van der Waals surface area contributed by atoms with E-state index in [1.54, 1.807) is 55.6 Å². The van der Waals surface area contributed by atoms with E-state index in [1.165, 1.54) is 14.3 Å². The van der Waals surface area contributed by atoms with Crippen LogP contribution in [0, 0.1) is 0 Å². The molecule has 8 nitrogen and oxygen atoms in total. The SMILES string of the molecule is CCOC(=O)N1C=CC2C=CC1n1c(=O)n(-c3ccccc3)c(=O)n12. The minimum Gasteiger partial charge on any atom is -0.449 e. The van der Waals surface area contributed by atoms with Crippen LogP contribution in [0.1, 0.15) is 19.1 Å². The maximum Gasteiger partial charge on any atom is 0.415 e. The Bertz CT molecular complexity index is 996. The lowest BCUT2D eigenvalue weighted by Gasteiger charge is -2.27. The smallest absolute Gasteiger partial charge is 0.415 e. The van der Waals surface area contributed by atoms with Crippen LogP contribution < -0.4 is 11.4 Å². The molecule has 2 aromatic rings. The molecule has 8 heteroatoms. The van der Waals surface area contributed by atoms with Crippen molar-refractivity contribution in [1.82, 2.24) is 18.8 Å². The van der Waals surface area contributed by atoms with E-state index >= 15 is 0 Å². The average Bonchev–Trinajstić information content (AvgIpc) is 2.79. The van der Waals surface area contributed by atoms with Gasteiger partial charge in [0.05, 0.1) is 18.3 Å². The zero-order chi connectivity index (χ0) is 17.6. The standard InChI is InChI=1S/C17H16N4O4/c1-2-25-17(24)18-11-10-13-8-9-14(18)21-16(23)19(15(22)20(13)21)12-6-4-3-5-7-12/h3-11,13-14H,2H2,1H3. The number of rotatable bonds is 2. The molecule has 1 aromatic heterocycles. The van der Waals surface area contributed by atoms with E-state index in [9.17, 15) is 14.4 Å². The van der Waals surface area contributed by atoms with E-state index in [4.69, 9.17) is 4.74 Å². The molecule has 128 valence electrons. The Morgan fingerprint density at radius 1 is 1.04 bits per heavy atom. The predicted molar refractivity (Wildman–Crippen MR) is 89.5 cm³/mol. The first-order valence-electron chi connectivity index (χ1n) is 7.96. The molecule has 25 heavy (non-hydrogen) atoms. The molecule has 2 atom stereocenters. The molecule has 0 saturated carbocycles. The lowest BCUT2D eigenvalue weighted by Crippen LogP contribution is -2.41. The number of amides is 1. The van der Waals surface area contributed by atoms with Crippen molar-refractivity contribution in [1.29, 1.82) is 0 Å². The van der Waals surface area contributed by atoms with Crippen LogP contribution in [0.5, 0.6) is 0 Å². The predicted octanol–water partition coefficient (Wildman–Crippen LogP) is 1.40. The summed E-state index contributed by atoms with van der Waals surface area (Å²) in [6.07, 6.45) is 5.43. The van der Waals surface area contributed by atoms with Gasteiger partial charge in [0.2, 0.25) is 0 Å². The van der Waals surface area contributed by atoms with Crippen LogP contribution in [0.15, 0.2) is 64.3 Å². The highest BCUT2D eigenvalue weighted by molar-refractivity contribution is 5.69. The molecule has 0 radical (unpaired) electrons. The number of hydrogen-bond donors (Lipinski definition) is 0. The molecule has 2 unspecified atom stereocenters. The van der Waals surface area contributed by atoms with Gasteiger partial charge in [-0.3, -0.25) is 4.90 Å². The van der Waals surface area contributed by atoms with Crippen molar-refractivity contribution in [3.05, 3.63) is 75.7 Å². The molecule has 0 saturated heterocycles. The van der Waals surface area contributed by atoms with Gasteiger partial charge in [0, 0.05) is 6.20 Å². The third kappa shape index (κ3) is 2.18. The number of benzene rings is 1. The van der Waals surface area contributed by atoms with Gasteiger partial charge in [-0.1, -0.05) is 24.3 Å². The fourth-order valence-corrected chi connectivity index (χ4v) is 3.15. The zero-order valence-electron chi connectivity index (χ0n) is 13.5. The van der Waals surface area contributed by atoms with E-state index in [-0.39, 0.29) is 6.61 Å². The summed E-state index contributed by atoms with van der Waals surface area (Å²) in [5.41, 5.74) is -0.476. The molecule has 0 spiro atoms. The molecule has 4 heterocycles. The lowest BCUT2D eigenvalue weighted by molar-refractivity contribution is 0.0997. The minimum atomic E-state index is -0.751. The number of aromatic nitrogens is 3.